The molecule has 0 fully saturated rings. The summed E-state index contributed by atoms with van der Waals surface area (Å²) in [5, 5.41) is 0. The van der Waals surface area contributed by atoms with E-state index in [0.29, 0.717) is 16.8 Å². The number of rotatable bonds is 2. The zero-order valence-corrected chi connectivity index (χ0v) is 12.8. The minimum absolute atomic E-state index is 0.00796. The molecule has 0 aliphatic heterocycles. The monoisotopic (exact) mass is 317 g/mol. The van der Waals surface area contributed by atoms with Gasteiger partial charge >= 0.3 is 0 Å². The Hall–Kier alpha value is -1.61. The molecule has 0 aliphatic rings. The van der Waals surface area contributed by atoms with Gasteiger partial charge < -0.3 is 5.73 Å². The Morgan fingerprint density at radius 3 is 2.37 bits per heavy atom. The van der Waals surface area contributed by atoms with Crippen LogP contribution in [0.1, 0.15) is 32.6 Å². The second-order valence-corrected chi connectivity index (χ2v) is 5.71. The number of hydrogen-bond acceptors (Lipinski definition) is 2. The second-order valence-electron chi connectivity index (χ2n) is 4.80. The topological polar surface area (TPSA) is 43.1 Å². The molecule has 0 bridgehead atoms. The largest absolute Gasteiger partial charge is 0.398 e. The number of halogens is 1. The zero-order chi connectivity index (χ0) is 14.2. The number of carbonyl (C=O) groups excluding carboxylic acids is 1. The van der Waals surface area contributed by atoms with Gasteiger partial charge in [-0.05, 0) is 55.7 Å². The third kappa shape index (κ3) is 2.71. The van der Waals surface area contributed by atoms with Crippen LogP contribution in [0.3, 0.4) is 0 Å². The Bertz CT molecular complexity index is 662. The maximum atomic E-state index is 12.6. The summed E-state index contributed by atoms with van der Waals surface area (Å²) in [4.78, 5) is 12.6. The van der Waals surface area contributed by atoms with Gasteiger partial charge in [0.1, 0.15) is 0 Å². The van der Waals surface area contributed by atoms with Crippen molar-refractivity contribution >= 4 is 27.4 Å². The van der Waals surface area contributed by atoms with Crippen LogP contribution in [0.15, 0.2) is 34.8 Å². The Morgan fingerprint density at radius 2 is 1.74 bits per heavy atom. The lowest BCUT2D eigenvalue weighted by molar-refractivity contribution is 0.103. The third-order valence-corrected chi connectivity index (χ3v) is 3.88. The van der Waals surface area contributed by atoms with Crippen molar-refractivity contribution < 1.29 is 4.79 Å². The second kappa shape index (κ2) is 5.17. The average Bonchev–Trinajstić information content (AvgIpc) is 2.36. The van der Waals surface area contributed by atoms with Crippen LogP contribution in [0.5, 0.6) is 0 Å². The maximum absolute atomic E-state index is 12.6. The van der Waals surface area contributed by atoms with Crippen molar-refractivity contribution in [2.45, 2.75) is 20.8 Å². The predicted octanol–water partition coefficient (Wildman–Crippen LogP) is 4.19. The molecule has 2 nitrogen and oxygen atoms in total. The third-order valence-electron chi connectivity index (χ3n) is 3.43. The van der Waals surface area contributed by atoms with E-state index in [1.165, 1.54) is 5.56 Å². The highest BCUT2D eigenvalue weighted by Crippen LogP contribution is 2.25. The minimum Gasteiger partial charge on any atom is -0.398 e. The fourth-order valence-corrected chi connectivity index (χ4v) is 2.45. The molecule has 0 unspecified atom stereocenters. The van der Waals surface area contributed by atoms with Crippen LogP contribution in [0.2, 0.25) is 0 Å². The van der Waals surface area contributed by atoms with Gasteiger partial charge in [-0.2, -0.15) is 0 Å². The molecule has 0 heterocycles. The van der Waals surface area contributed by atoms with Gasteiger partial charge in [0.05, 0.1) is 0 Å². The summed E-state index contributed by atoms with van der Waals surface area (Å²) in [5.74, 6) is 0.00796. The Labute approximate surface area is 121 Å². The molecular formula is C16H16BrNO. The van der Waals surface area contributed by atoms with Gasteiger partial charge in [0.2, 0.25) is 0 Å². The van der Waals surface area contributed by atoms with Crippen LogP contribution in [-0.4, -0.2) is 5.78 Å². The number of nitrogens with two attached hydrogens (primary N) is 1. The molecule has 3 heteroatoms. The first-order valence-corrected chi connectivity index (χ1v) is 6.87. The zero-order valence-electron chi connectivity index (χ0n) is 11.3. The number of ketones is 1. The lowest BCUT2D eigenvalue weighted by Crippen LogP contribution is -2.06. The van der Waals surface area contributed by atoms with Gasteiger partial charge in [-0.15, -0.1) is 0 Å². The molecule has 0 amide bonds. The first-order valence-electron chi connectivity index (χ1n) is 6.07. The lowest BCUT2D eigenvalue weighted by Gasteiger charge is -2.10. The summed E-state index contributed by atoms with van der Waals surface area (Å²) in [6.07, 6.45) is 0. The Balaban J connectivity index is 2.53. The van der Waals surface area contributed by atoms with Crippen LogP contribution in [0.25, 0.3) is 0 Å². The van der Waals surface area contributed by atoms with E-state index < -0.39 is 0 Å². The summed E-state index contributed by atoms with van der Waals surface area (Å²) in [6.45, 7) is 5.91. The Kier molecular flexibility index (Phi) is 3.76. The molecule has 0 radical (unpaired) electrons. The van der Waals surface area contributed by atoms with Crippen LogP contribution in [0.4, 0.5) is 5.69 Å². The molecule has 0 spiro atoms. The minimum atomic E-state index is 0.00796. The van der Waals surface area contributed by atoms with Gasteiger partial charge in [-0.1, -0.05) is 28.1 Å². The van der Waals surface area contributed by atoms with Crippen LogP contribution >= 0.6 is 15.9 Å². The van der Waals surface area contributed by atoms with Gasteiger partial charge in [0.15, 0.2) is 5.78 Å². The molecular weight excluding hydrogens is 302 g/mol. The lowest BCUT2D eigenvalue weighted by atomic mass is 9.96. The SMILES string of the molecule is Cc1ccc(C(=O)c2cc(Br)cc(N)c2C)cc1C. The van der Waals surface area contributed by atoms with Crippen LogP contribution < -0.4 is 5.73 Å². The number of carbonyl (C=O) groups is 1. The molecule has 0 aliphatic carbocycles. The fourth-order valence-electron chi connectivity index (χ4n) is 1.97. The normalized spacial score (nSPS) is 10.5. The number of nitrogen functional groups attached to an aromatic ring is 1. The number of aryl methyl sites for hydroxylation is 2. The summed E-state index contributed by atoms with van der Waals surface area (Å²) < 4.78 is 0.822. The molecule has 0 aromatic heterocycles. The van der Waals surface area contributed by atoms with Crippen molar-refractivity contribution in [3.05, 3.63) is 62.6 Å². The van der Waals surface area contributed by atoms with Gasteiger partial charge in [0.25, 0.3) is 0 Å². The molecule has 2 aromatic rings. The molecule has 0 saturated carbocycles. The van der Waals surface area contributed by atoms with Crippen molar-refractivity contribution in [3.8, 4) is 0 Å². The first-order chi connectivity index (χ1) is 8.90. The van der Waals surface area contributed by atoms with Crippen LogP contribution in [-0.2, 0) is 0 Å². The summed E-state index contributed by atoms with van der Waals surface area (Å²) in [5.41, 5.74) is 11.0. The molecule has 0 atom stereocenters. The molecule has 2 rings (SSSR count). The van der Waals surface area contributed by atoms with E-state index in [0.717, 1.165) is 15.6 Å². The quantitative estimate of drug-likeness (QED) is 0.666. The van der Waals surface area contributed by atoms with Crippen molar-refractivity contribution in [1.82, 2.24) is 0 Å². The van der Waals surface area contributed by atoms with E-state index in [4.69, 9.17) is 5.73 Å². The summed E-state index contributed by atoms with van der Waals surface area (Å²) >= 11 is 3.38. The molecule has 0 saturated heterocycles. The highest BCUT2D eigenvalue weighted by molar-refractivity contribution is 9.10. The summed E-state index contributed by atoms with van der Waals surface area (Å²) in [6, 6.07) is 9.39. The van der Waals surface area contributed by atoms with Crippen molar-refractivity contribution in [2.75, 3.05) is 5.73 Å². The van der Waals surface area contributed by atoms with Gasteiger partial charge in [-0.3, -0.25) is 4.79 Å². The van der Waals surface area contributed by atoms with Crippen molar-refractivity contribution in [1.29, 1.82) is 0 Å². The van der Waals surface area contributed by atoms with Crippen molar-refractivity contribution in [2.24, 2.45) is 0 Å². The standard InChI is InChI=1S/C16H16BrNO/c1-9-4-5-12(6-10(9)2)16(19)14-7-13(17)8-15(18)11(14)3/h4-8H,18H2,1-3H3. The van der Waals surface area contributed by atoms with E-state index in [2.05, 4.69) is 15.9 Å². The fraction of sp³-hybridized carbons (Fsp3) is 0.188. The number of hydrogen-bond donors (Lipinski definition) is 1. The maximum Gasteiger partial charge on any atom is 0.193 e. The predicted molar refractivity (Wildman–Crippen MR) is 82.6 cm³/mol. The molecule has 98 valence electrons. The van der Waals surface area contributed by atoms with Crippen molar-refractivity contribution in [3.63, 3.8) is 0 Å². The first kappa shape index (κ1) is 13.8. The van der Waals surface area contributed by atoms with E-state index in [9.17, 15) is 4.79 Å². The highest BCUT2D eigenvalue weighted by atomic mass is 79.9. The summed E-state index contributed by atoms with van der Waals surface area (Å²) in [7, 11) is 0. The smallest absolute Gasteiger partial charge is 0.193 e. The van der Waals surface area contributed by atoms with E-state index in [1.807, 2.05) is 51.1 Å². The Morgan fingerprint density at radius 1 is 1.05 bits per heavy atom. The molecule has 19 heavy (non-hydrogen) atoms. The van der Waals surface area contributed by atoms with Crippen LogP contribution in [0, 0.1) is 20.8 Å². The van der Waals surface area contributed by atoms with E-state index >= 15 is 0 Å². The van der Waals surface area contributed by atoms with Gasteiger partial charge in [0, 0.05) is 21.3 Å². The number of anilines is 1. The van der Waals surface area contributed by atoms with E-state index in [-0.39, 0.29) is 5.78 Å². The highest BCUT2D eigenvalue weighted by Gasteiger charge is 2.14. The number of benzene rings is 2. The van der Waals surface area contributed by atoms with Gasteiger partial charge in [-0.25, -0.2) is 0 Å². The van der Waals surface area contributed by atoms with E-state index in [1.54, 1.807) is 0 Å². The average molecular weight is 318 g/mol. The molecule has 2 N–H and O–H groups in total. The molecule has 2 aromatic carbocycles.